The number of halogens is 1. The zero-order chi connectivity index (χ0) is 14.3. The van der Waals surface area contributed by atoms with E-state index >= 15 is 0 Å². The summed E-state index contributed by atoms with van der Waals surface area (Å²) in [5, 5.41) is 14.9. The Morgan fingerprint density at radius 3 is 2.95 bits per heavy atom. The fraction of sp³-hybridized carbons (Fsp3) is 0.286. The van der Waals surface area contributed by atoms with E-state index < -0.39 is 0 Å². The van der Waals surface area contributed by atoms with Crippen molar-refractivity contribution in [1.82, 2.24) is 15.0 Å². The van der Waals surface area contributed by atoms with E-state index in [2.05, 4.69) is 15.5 Å². The highest BCUT2D eigenvalue weighted by molar-refractivity contribution is 6.29. The van der Waals surface area contributed by atoms with E-state index in [-0.39, 0.29) is 11.8 Å². The van der Waals surface area contributed by atoms with Crippen LogP contribution in [0.4, 0.5) is 0 Å². The van der Waals surface area contributed by atoms with Crippen LogP contribution in [0.3, 0.4) is 0 Å². The predicted octanol–water partition coefficient (Wildman–Crippen LogP) is 2.53. The minimum atomic E-state index is -0.0255. The summed E-state index contributed by atoms with van der Waals surface area (Å²) in [6.45, 7) is 1.99. The molecule has 1 aliphatic heterocycles. The van der Waals surface area contributed by atoms with Gasteiger partial charge >= 0.3 is 0 Å². The quantitative estimate of drug-likeness (QED) is 0.893. The zero-order valence-corrected chi connectivity index (χ0v) is 12.0. The van der Waals surface area contributed by atoms with Gasteiger partial charge in [0.25, 0.3) is 0 Å². The van der Waals surface area contributed by atoms with Gasteiger partial charge in [0.2, 0.25) is 0 Å². The van der Waals surface area contributed by atoms with Gasteiger partial charge in [-0.3, -0.25) is 5.43 Å². The standard InChI is InChI=1S/C14H15ClN4O/c1-8-3-4-12(20)9(5-8)10-6-11(18-17-10)14-16-7-13(15)19(14)2/h3-5,7,11,18,20H,6H2,1-2H3/t11-/m1/s1. The summed E-state index contributed by atoms with van der Waals surface area (Å²) in [6.07, 6.45) is 2.29. The maximum Gasteiger partial charge on any atom is 0.134 e. The van der Waals surface area contributed by atoms with Crippen molar-refractivity contribution < 1.29 is 5.11 Å². The molecule has 0 saturated carbocycles. The van der Waals surface area contributed by atoms with Gasteiger partial charge in [0.05, 0.1) is 11.9 Å². The molecule has 0 saturated heterocycles. The highest BCUT2D eigenvalue weighted by Gasteiger charge is 2.26. The molecular weight excluding hydrogens is 276 g/mol. The highest BCUT2D eigenvalue weighted by Crippen LogP contribution is 2.28. The van der Waals surface area contributed by atoms with Crippen LogP contribution in [0.5, 0.6) is 5.75 Å². The lowest BCUT2D eigenvalue weighted by Crippen LogP contribution is -2.15. The largest absolute Gasteiger partial charge is 0.507 e. The average Bonchev–Trinajstić information content (AvgIpc) is 3.01. The number of hydrazone groups is 1. The number of aromatic hydroxyl groups is 1. The number of phenols is 1. The van der Waals surface area contributed by atoms with E-state index in [1.165, 1.54) is 0 Å². The maximum atomic E-state index is 9.96. The molecule has 0 aliphatic carbocycles. The van der Waals surface area contributed by atoms with Gasteiger partial charge in [-0.15, -0.1) is 0 Å². The number of rotatable bonds is 2. The van der Waals surface area contributed by atoms with Crippen molar-refractivity contribution in [3.63, 3.8) is 0 Å². The van der Waals surface area contributed by atoms with Gasteiger partial charge in [-0.25, -0.2) is 4.98 Å². The zero-order valence-electron chi connectivity index (χ0n) is 11.3. The van der Waals surface area contributed by atoms with E-state index in [0.717, 1.165) is 22.7 Å². The molecule has 20 heavy (non-hydrogen) atoms. The third kappa shape index (κ3) is 2.14. The topological polar surface area (TPSA) is 62.4 Å². The lowest BCUT2D eigenvalue weighted by atomic mass is 10.0. The Kier molecular flexibility index (Phi) is 3.14. The molecule has 6 heteroatoms. The second-order valence-electron chi connectivity index (χ2n) is 4.96. The number of nitrogens with one attached hydrogen (secondary N) is 1. The highest BCUT2D eigenvalue weighted by atomic mass is 35.5. The Bertz CT molecular complexity index is 692. The van der Waals surface area contributed by atoms with Crippen molar-refractivity contribution in [3.8, 4) is 5.75 Å². The van der Waals surface area contributed by atoms with Crippen LogP contribution in [0.25, 0.3) is 0 Å². The first-order chi connectivity index (χ1) is 9.56. The molecule has 1 aliphatic rings. The molecule has 0 spiro atoms. The third-order valence-corrected chi connectivity index (χ3v) is 3.85. The predicted molar refractivity (Wildman–Crippen MR) is 78.1 cm³/mol. The fourth-order valence-electron chi connectivity index (χ4n) is 2.37. The second kappa shape index (κ2) is 4.83. The van der Waals surface area contributed by atoms with Crippen LogP contribution in [-0.4, -0.2) is 20.4 Å². The van der Waals surface area contributed by atoms with Gasteiger partial charge in [0.15, 0.2) is 0 Å². The molecule has 2 N–H and O–H groups in total. The van der Waals surface area contributed by atoms with E-state index in [0.29, 0.717) is 11.6 Å². The van der Waals surface area contributed by atoms with Crippen molar-refractivity contribution in [1.29, 1.82) is 0 Å². The molecule has 3 rings (SSSR count). The lowest BCUT2D eigenvalue weighted by Gasteiger charge is -2.10. The Labute approximate surface area is 121 Å². The maximum absolute atomic E-state index is 9.96. The normalized spacial score (nSPS) is 17.9. The second-order valence-corrected chi connectivity index (χ2v) is 5.35. The smallest absolute Gasteiger partial charge is 0.134 e. The molecule has 0 fully saturated rings. The first-order valence-corrected chi connectivity index (χ1v) is 6.73. The third-order valence-electron chi connectivity index (χ3n) is 3.49. The fourth-order valence-corrected chi connectivity index (χ4v) is 2.50. The first-order valence-electron chi connectivity index (χ1n) is 6.35. The molecule has 0 bridgehead atoms. The van der Waals surface area contributed by atoms with Gasteiger partial charge in [0, 0.05) is 19.0 Å². The number of nitrogens with zero attached hydrogens (tertiary/aromatic N) is 3. The first kappa shape index (κ1) is 13.0. The minimum Gasteiger partial charge on any atom is -0.507 e. The monoisotopic (exact) mass is 290 g/mol. The van der Waals surface area contributed by atoms with E-state index in [1.807, 2.05) is 30.7 Å². The molecular formula is C14H15ClN4O. The number of aryl methyl sites for hydroxylation is 1. The molecule has 1 atom stereocenters. The lowest BCUT2D eigenvalue weighted by molar-refractivity contribution is 0.474. The minimum absolute atomic E-state index is 0.0255. The summed E-state index contributed by atoms with van der Waals surface area (Å²) in [5.74, 6) is 1.08. The van der Waals surface area contributed by atoms with Crippen LogP contribution in [0.15, 0.2) is 29.5 Å². The summed E-state index contributed by atoms with van der Waals surface area (Å²) in [6, 6.07) is 5.47. The molecule has 5 nitrogen and oxygen atoms in total. The van der Waals surface area contributed by atoms with Crippen LogP contribution >= 0.6 is 11.6 Å². The molecule has 1 aromatic carbocycles. The molecule has 0 amide bonds. The molecule has 104 valence electrons. The SMILES string of the molecule is Cc1ccc(O)c(C2=NN[C@@H](c3ncc(Cl)n3C)C2)c1. The number of aromatic nitrogens is 2. The van der Waals surface area contributed by atoms with E-state index in [1.54, 1.807) is 12.3 Å². The summed E-state index contributed by atoms with van der Waals surface area (Å²) in [4.78, 5) is 4.30. The number of phenolic OH excluding ortho intramolecular Hbond substituents is 1. The summed E-state index contributed by atoms with van der Waals surface area (Å²) < 4.78 is 1.83. The van der Waals surface area contributed by atoms with Crippen molar-refractivity contribution in [2.24, 2.45) is 12.1 Å². The van der Waals surface area contributed by atoms with Crippen LogP contribution in [0.1, 0.15) is 29.4 Å². The van der Waals surface area contributed by atoms with Crippen molar-refractivity contribution in [2.75, 3.05) is 0 Å². The summed E-state index contributed by atoms with van der Waals surface area (Å²) in [5.41, 5.74) is 5.74. The van der Waals surface area contributed by atoms with Gasteiger partial charge in [-0.1, -0.05) is 23.2 Å². The van der Waals surface area contributed by atoms with Crippen molar-refractivity contribution in [2.45, 2.75) is 19.4 Å². The number of hydrogen-bond donors (Lipinski definition) is 2. The molecule has 2 aromatic rings. The van der Waals surface area contributed by atoms with Crippen molar-refractivity contribution in [3.05, 3.63) is 46.5 Å². The number of hydrogen-bond acceptors (Lipinski definition) is 4. The Morgan fingerprint density at radius 1 is 1.45 bits per heavy atom. The number of imidazole rings is 1. The average molecular weight is 291 g/mol. The molecule has 2 heterocycles. The Morgan fingerprint density at radius 2 is 2.25 bits per heavy atom. The van der Waals surface area contributed by atoms with Crippen molar-refractivity contribution >= 4 is 17.3 Å². The number of benzene rings is 1. The van der Waals surface area contributed by atoms with E-state index in [4.69, 9.17) is 11.6 Å². The molecule has 0 radical (unpaired) electrons. The Hall–Kier alpha value is -2.01. The van der Waals surface area contributed by atoms with Crippen LogP contribution in [0, 0.1) is 6.92 Å². The van der Waals surface area contributed by atoms with E-state index in [9.17, 15) is 5.11 Å². The van der Waals surface area contributed by atoms with Crippen LogP contribution < -0.4 is 5.43 Å². The van der Waals surface area contributed by atoms with Gasteiger partial charge in [-0.2, -0.15) is 5.10 Å². The molecule has 0 unspecified atom stereocenters. The summed E-state index contributed by atoms with van der Waals surface area (Å²) >= 11 is 6.00. The molecule has 1 aromatic heterocycles. The van der Waals surface area contributed by atoms with Gasteiger partial charge in [0.1, 0.15) is 22.8 Å². The van der Waals surface area contributed by atoms with Gasteiger partial charge in [-0.05, 0) is 19.1 Å². The van der Waals surface area contributed by atoms with Gasteiger partial charge < -0.3 is 9.67 Å². The van der Waals surface area contributed by atoms with Crippen LogP contribution in [0.2, 0.25) is 5.15 Å². The van der Waals surface area contributed by atoms with Crippen LogP contribution in [-0.2, 0) is 7.05 Å². The Balaban J connectivity index is 1.86. The summed E-state index contributed by atoms with van der Waals surface area (Å²) in [7, 11) is 1.87.